The predicted octanol–water partition coefficient (Wildman–Crippen LogP) is 2.74. The summed E-state index contributed by atoms with van der Waals surface area (Å²) in [6.45, 7) is 4.10. The lowest BCUT2D eigenvalue weighted by Crippen LogP contribution is -2.41. The van der Waals surface area contributed by atoms with Gasteiger partial charge < -0.3 is 10.6 Å². The van der Waals surface area contributed by atoms with Crippen LogP contribution in [-0.4, -0.2) is 32.2 Å². The fourth-order valence-electron chi connectivity index (χ4n) is 3.36. The second-order valence-corrected chi connectivity index (χ2v) is 9.23. The Kier molecular flexibility index (Phi) is 6.54. The quantitative estimate of drug-likeness (QED) is 0.644. The summed E-state index contributed by atoms with van der Waals surface area (Å²) in [5.41, 5.74) is 2.11. The van der Waals surface area contributed by atoms with Gasteiger partial charge in [0, 0.05) is 6.54 Å². The summed E-state index contributed by atoms with van der Waals surface area (Å²) >= 11 is 0. The largest absolute Gasteiger partial charge is 0.348 e. The summed E-state index contributed by atoms with van der Waals surface area (Å²) in [5, 5.41) is 5.07. The summed E-state index contributed by atoms with van der Waals surface area (Å²) in [6, 6.07) is 12.8. The van der Waals surface area contributed by atoms with Crippen molar-refractivity contribution >= 4 is 21.6 Å². The Hall–Kier alpha value is -2.45. The lowest BCUT2D eigenvalue weighted by atomic mass is 10.0. The van der Waals surface area contributed by atoms with Gasteiger partial charge in [-0.25, -0.2) is 12.8 Å². The van der Waals surface area contributed by atoms with Crippen molar-refractivity contribution in [3.8, 4) is 0 Å². The Morgan fingerprint density at radius 1 is 1.21 bits per heavy atom. The minimum atomic E-state index is -3.82. The van der Waals surface area contributed by atoms with Crippen LogP contribution >= 0.6 is 0 Å². The molecule has 0 aromatic heterocycles. The first-order chi connectivity index (χ1) is 13.8. The van der Waals surface area contributed by atoms with Crippen molar-refractivity contribution in [2.45, 2.75) is 44.0 Å². The van der Waals surface area contributed by atoms with Gasteiger partial charge in [0.25, 0.3) is 0 Å². The van der Waals surface area contributed by atoms with Gasteiger partial charge in [0.1, 0.15) is 5.82 Å². The molecule has 1 fully saturated rings. The van der Waals surface area contributed by atoms with Crippen LogP contribution in [0, 0.1) is 5.82 Å². The number of rotatable bonds is 7. The Labute approximate surface area is 171 Å². The number of hydrogen-bond acceptors (Lipinski definition) is 4. The number of benzene rings is 2. The normalized spacial score (nSPS) is 20.2. The van der Waals surface area contributed by atoms with Gasteiger partial charge in [-0.1, -0.05) is 43.3 Å². The molecular formula is C21H26FN3O3S. The first-order valence-corrected chi connectivity index (χ1v) is 11.2. The van der Waals surface area contributed by atoms with E-state index in [1.165, 1.54) is 23.8 Å². The highest BCUT2D eigenvalue weighted by Crippen LogP contribution is 2.21. The maximum absolute atomic E-state index is 13.8. The number of anilines is 1. The molecule has 156 valence electrons. The first kappa shape index (κ1) is 21.3. The summed E-state index contributed by atoms with van der Waals surface area (Å²) < 4.78 is 41.2. The average Bonchev–Trinajstić information content (AvgIpc) is 3.21. The van der Waals surface area contributed by atoms with Gasteiger partial charge in [0.2, 0.25) is 15.9 Å². The van der Waals surface area contributed by atoms with E-state index in [-0.39, 0.29) is 30.6 Å². The smallest absolute Gasteiger partial charge is 0.237 e. The topological polar surface area (TPSA) is 87.3 Å². The lowest BCUT2D eigenvalue weighted by Gasteiger charge is -2.18. The summed E-state index contributed by atoms with van der Waals surface area (Å²) in [5.74, 6) is -0.889. The van der Waals surface area contributed by atoms with Crippen LogP contribution < -0.4 is 15.4 Å². The third-order valence-corrected chi connectivity index (χ3v) is 6.96. The van der Waals surface area contributed by atoms with Gasteiger partial charge in [-0.05, 0) is 43.0 Å². The van der Waals surface area contributed by atoms with Crippen LogP contribution in [0.15, 0.2) is 48.5 Å². The summed E-state index contributed by atoms with van der Waals surface area (Å²) in [6.07, 6.45) is 1.07. The van der Waals surface area contributed by atoms with E-state index in [9.17, 15) is 17.6 Å². The van der Waals surface area contributed by atoms with Crippen LogP contribution in [0.25, 0.3) is 0 Å². The zero-order chi connectivity index (χ0) is 21.0. The molecule has 0 bridgehead atoms. The number of sulfonamides is 1. The SMILES string of the molecule is CCc1ccc(C(C)NC(=O)C2CC(S(=O)(=O)Nc3ccccc3F)CN2)cc1. The number of nitrogens with one attached hydrogen (secondary N) is 3. The summed E-state index contributed by atoms with van der Waals surface area (Å²) in [7, 11) is -3.82. The molecule has 1 amide bonds. The fraction of sp³-hybridized carbons (Fsp3) is 0.381. The van der Waals surface area contributed by atoms with Gasteiger partial charge in [-0.15, -0.1) is 0 Å². The number of para-hydroxylation sites is 1. The van der Waals surface area contributed by atoms with E-state index >= 15 is 0 Å². The van der Waals surface area contributed by atoms with E-state index in [2.05, 4.69) is 22.3 Å². The molecule has 2 aromatic rings. The lowest BCUT2D eigenvalue weighted by molar-refractivity contribution is -0.123. The molecular weight excluding hydrogens is 393 g/mol. The van der Waals surface area contributed by atoms with E-state index in [0.29, 0.717) is 0 Å². The third-order valence-electron chi connectivity index (χ3n) is 5.22. The number of aryl methyl sites for hydroxylation is 1. The molecule has 1 aliphatic rings. The fourth-order valence-corrected chi connectivity index (χ4v) is 4.76. The maximum atomic E-state index is 13.8. The van der Waals surface area contributed by atoms with Crippen molar-refractivity contribution in [3.63, 3.8) is 0 Å². The third kappa shape index (κ3) is 5.13. The van der Waals surface area contributed by atoms with Gasteiger partial charge in [0.05, 0.1) is 23.0 Å². The van der Waals surface area contributed by atoms with Crippen molar-refractivity contribution < 1.29 is 17.6 Å². The van der Waals surface area contributed by atoms with Crippen LogP contribution in [0.2, 0.25) is 0 Å². The molecule has 0 saturated carbocycles. The number of carbonyl (C=O) groups excluding carboxylic acids is 1. The molecule has 3 rings (SSSR count). The van der Waals surface area contributed by atoms with Gasteiger partial charge in [0.15, 0.2) is 0 Å². The minimum absolute atomic E-state index is 0.0930. The molecule has 1 aliphatic heterocycles. The van der Waals surface area contributed by atoms with E-state index in [4.69, 9.17) is 0 Å². The minimum Gasteiger partial charge on any atom is -0.348 e. The van der Waals surface area contributed by atoms with Crippen molar-refractivity contribution in [2.75, 3.05) is 11.3 Å². The molecule has 0 radical (unpaired) electrons. The molecule has 29 heavy (non-hydrogen) atoms. The Morgan fingerprint density at radius 2 is 1.90 bits per heavy atom. The van der Waals surface area contributed by atoms with Crippen molar-refractivity contribution in [2.24, 2.45) is 0 Å². The molecule has 0 spiro atoms. The molecule has 3 unspecified atom stereocenters. The van der Waals surface area contributed by atoms with Gasteiger partial charge >= 0.3 is 0 Å². The molecule has 0 aliphatic carbocycles. The number of carbonyl (C=O) groups is 1. The number of hydrogen-bond donors (Lipinski definition) is 3. The molecule has 3 atom stereocenters. The first-order valence-electron chi connectivity index (χ1n) is 9.69. The van der Waals surface area contributed by atoms with E-state index in [1.54, 1.807) is 6.07 Å². The van der Waals surface area contributed by atoms with E-state index in [1.807, 2.05) is 31.2 Å². The molecule has 3 N–H and O–H groups in total. The molecule has 1 heterocycles. The zero-order valence-electron chi connectivity index (χ0n) is 16.5. The van der Waals surface area contributed by atoms with Crippen molar-refractivity contribution in [1.82, 2.24) is 10.6 Å². The highest BCUT2D eigenvalue weighted by atomic mass is 32.2. The highest BCUT2D eigenvalue weighted by Gasteiger charge is 2.37. The van der Waals surface area contributed by atoms with Crippen LogP contribution in [0.5, 0.6) is 0 Å². The predicted molar refractivity (Wildman–Crippen MR) is 112 cm³/mol. The van der Waals surface area contributed by atoms with E-state index < -0.39 is 27.1 Å². The van der Waals surface area contributed by atoms with Gasteiger partial charge in [-0.3, -0.25) is 9.52 Å². The second kappa shape index (κ2) is 8.92. The van der Waals surface area contributed by atoms with Crippen LogP contribution in [0.3, 0.4) is 0 Å². The molecule has 6 nitrogen and oxygen atoms in total. The molecule has 1 saturated heterocycles. The maximum Gasteiger partial charge on any atom is 0.237 e. The van der Waals surface area contributed by atoms with E-state index in [0.717, 1.165) is 12.0 Å². The Balaban J connectivity index is 1.59. The molecule has 8 heteroatoms. The number of amides is 1. The van der Waals surface area contributed by atoms with Crippen LogP contribution in [0.1, 0.15) is 37.4 Å². The average molecular weight is 420 g/mol. The highest BCUT2D eigenvalue weighted by molar-refractivity contribution is 7.93. The second-order valence-electron chi connectivity index (χ2n) is 7.27. The van der Waals surface area contributed by atoms with Crippen LogP contribution in [0.4, 0.5) is 10.1 Å². The standard InChI is InChI=1S/C21H26FN3O3S/c1-3-15-8-10-16(11-9-15)14(2)24-21(26)20-12-17(13-23-20)29(27,28)25-19-7-5-4-6-18(19)22/h4-11,14,17,20,23,25H,3,12-13H2,1-2H3,(H,24,26). The Bertz CT molecular complexity index is 963. The zero-order valence-corrected chi connectivity index (χ0v) is 17.3. The van der Waals surface area contributed by atoms with Crippen molar-refractivity contribution in [1.29, 1.82) is 0 Å². The monoisotopic (exact) mass is 419 g/mol. The number of halogens is 1. The summed E-state index contributed by atoms with van der Waals surface area (Å²) in [4.78, 5) is 12.6. The van der Waals surface area contributed by atoms with Gasteiger partial charge in [-0.2, -0.15) is 0 Å². The molecule has 2 aromatic carbocycles. The Morgan fingerprint density at radius 3 is 2.55 bits per heavy atom. The van der Waals surface area contributed by atoms with Crippen molar-refractivity contribution in [3.05, 3.63) is 65.5 Å². The van der Waals surface area contributed by atoms with Crippen LogP contribution in [-0.2, 0) is 21.2 Å².